The molecule has 160 valence electrons. The van der Waals surface area contributed by atoms with Gasteiger partial charge in [0.1, 0.15) is 5.82 Å². The number of amides is 2. The van der Waals surface area contributed by atoms with E-state index in [0.717, 1.165) is 60.5 Å². The molecule has 0 atom stereocenters. The summed E-state index contributed by atoms with van der Waals surface area (Å²) in [7, 11) is 0. The molecular formula is C23H32N6O. The third-order valence-electron chi connectivity index (χ3n) is 5.83. The summed E-state index contributed by atoms with van der Waals surface area (Å²) in [6, 6.07) is 8.14. The Balaban J connectivity index is 1.38. The standard InChI is InChI=1S/C23H32N6O/c1-17-13-18(2)15-20(14-17)25-23(30)29-11-9-27(10-12-29)21-16-19(3)24-22(26-21)28-7-5-4-6-8-28/h13-16H,4-12H2,1-3H3,(H,25,30). The van der Waals surface area contributed by atoms with Crippen molar-refractivity contribution in [1.82, 2.24) is 14.9 Å². The van der Waals surface area contributed by atoms with E-state index in [0.29, 0.717) is 13.1 Å². The van der Waals surface area contributed by atoms with Crippen molar-refractivity contribution in [3.05, 3.63) is 41.1 Å². The van der Waals surface area contributed by atoms with Gasteiger partial charge in [0.05, 0.1) is 0 Å². The summed E-state index contributed by atoms with van der Waals surface area (Å²) in [4.78, 5) is 28.7. The molecule has 3 heterocycles. The molecule has 2 amide bonds. The molecule has 0 saturated carbocycles. The summed E-state index contributed by atoms with van der Waals surface area (Å²) >= 11 is 0. The second-order valence-corrected chi connectivity index (χ2v) is 8.50. The lowest BCUT2D eigenvalue weighted by atomic mass is 10.1. The Hall–Kier alpha value is -2.83. The van der Waals surface area contributed by atoms with Crippen LogP contribution < -0.4 is 15.1 Å². The van der Waals surface area contributed by atoms with Gasteiger partial charge in [-0.3, -0.25) is 0 Å². The fourth-order valence-electron chi connectivity index (χ4n) is 4.32. The van der Waals surface area contributed by atoms with Gasteiger partial charge in [-0.1, -0.05) is 6.07 Å². The number of aryl methyl sites for hydroxylation is 3. The van der Waals surface area contributed by atoms with E-state index in [1.807, 2.05) is 37.8 Å². The van der Waals surface area contributed by atoms with E-state index >= 15 is 0 Å². The molecule has 2 fully saturated rings. The molecule has 7 nitrogen and oxygen atoms in total. The fourth-order valence-corrected chi connectivity index (χ4v) is 4.32. The van der Waals surface area contributed by atoms with Crippen molar-refractivity contribution >= 4 is 23.5 Å². The maximum absolute atomic E-state index is 12.7. The second kappa shape index (κ2) is 8.90. The summed E-state index contributed by atoms with van der Waals surface area (Å²) < 4.78 is 0. The molecule has 2 saturated heterocycles. The van der Waals surface area contributed by atoms with Crippen molar-refractivity contribution in [1.29, 1.82) is 0 Å². The average Bonchev–Trinajstić information content (AvgIpc) is 2.73. The number of nitrogens with zero attached hydrogens (tertiary/aromatic N) is 5. The van der Waals surface area contributed by atoms with E-state index in [1.165, 1.54) is 19.3 Å². The molecule has 1 aromatic carbocycles. The maximum Gasteiger partial charge on any atom is 0.321 e. The van der Waals surface area contributed by atoms with Crippen LogP contribution in [0.4, 0.5) is 22.2 Å². The van der Waals surface area contributed by atoms with E-state index < -0.39 is 0 Å². The average molecular weight is 409 g/mol. The van der Waals surface area contributed by atoms with Crippen LogP contribution in [-0.2, 0) is 0 Å². The number of anilines is 3. The van der Waals surface area contributed by atoms with Gasteiger partial charge in [0.2, 0.25) is 5.95 Å². The molecule has 2 aliphatic rings. The predicted molar refractivity (Wildman–Crippen MR) is 122 cm³/mol. The third-order valence-corrected chi connectivity index (χ3v) is 5.83. The Labute approximate surface area is 179 Å². The van der Waals surface area contributed by atoms with Crippen LogP contribution in [-0.4, -0.2) is 60.2 Å². The first-order chi connectivity index (χ1) is 14.5. The first kappa shape index (κ1) is 20.4. The molecule has 0 spiro atoms. The molecule has 2 aliphatic heterocycles. The number of carbonyl (C=O) groups excluding carboxylic acids is 1. The highest BCUT2D eigenvalue weighted by Crippen LogP contribution is 2.22. The van der Waals surface area contributed by atoms with Crippen molar-refractivity contribution in [2.75, 3.05) is 54.4 Å². The topological polar surface area (TPSA) is 64.6 Å². The molecule has 2 aromatic rings. The second-order valence-electron chi connectivity index (χ2n) is 8.50. The molecular weight excluding hydrogens is 376 g/mol. The first-order valence-corrected chi connectivity index (χ1v) is 11.0. The normalized spacial score (nSPS) is 17.2. The summed E-state index contributed by atoms with van der Waals surface area (Å²) in [6.45, 7) is 11.1. The number of hydrogen-bond donors (Lipinski definition) is 1. The Morgan fingerprint density at radius 2 is 1.47 bits per heavy atom. The number of hydrogen-bond acceptors (Lipinski definition) is 5. The number of benzene rings is 1. The van der Waals surface area contributed by atoms with Crippen LogP contribution in [0.3, 0.4) is 0 Å². The Bertz CT molecular complexity index is 880. The number of rotatable bonds is 3. The molecule has 30 heavy (non-hydrogen) atoms. The van der Waals surface area contributed by atoms with Crippen LogP contribution in [0, 0.1) is 20.8 Å². The molecule has 4 rings (SSSR count). The van der Waals surface area contributed by atoms with Crippen LogP contribution in [0.25, 0.3) is 0 Å². The van der Waals surface area contributed by atoms with E-state index in [1.54, 1.807) is 0 Å². The number of aromatic nitrogens is 2. The van der Waals surface area contributed by atoms with Crippen molar-refractivity contribution in [3.8, 4) is 0 Å². The lowest BCUT2D eigenvalue weighted by Gasteiger charge is -2.36. The van der Waals surface area contributed by atoms with Gasteiger partial charge >= 0.3 is 6.03 Å². The monoisotopic (exact) mass is 408 g/mol. The minimum Gasteiger partial charge on any atom is -0.353 e. The molecule has 0 unspecified atom stereocenters. The smallest absolute Gasteiger partial charge is 0.321 e. The van der Waals surface area contributed by atoms with Crippen molar-refractivity contribution < 1.29 is 4.79 Å². The Morgan fingerprint density at radius 3 is 2.13 bits per heavy atom. The number of nitrogens with one attached hydrogen (secondary N) is 1. The zero-order chi connectivity index (χ0) is 21.1. The van der Waals surface area contributed by atoms with Crippen LogP contribution in [0.5, 0.6) is 0 Å². The predicted octanol–water partition coefficient (Wildman–Crippen LogP) is 3.75. The van der Waals surface area contributed by atoms with Gasteiger partial charge in [0.25, 0.3) is 0 Å². The lowest BCUT2D eigenvalue weighted by Crippen LogP contribution is -2.50. The van der Waals surface area contributed by atoms with Crippen LogP contribution in [0.1, 0.15) is 36.1 Å². The van der Waals surface area contributed by atoms with Gasteiger partial charge < -0.3 is 20.0 Å². The molecule has 1 aromatic heterocycles. The highest BCUT2D eigenvalue weighted by atomic mass is 16.2. The minimum atomic E-state index is -0.0347. The van der Waals surface area contributed by atoms with Crippen molar-refractivity contribution in [2.45, 2.75) is 40.0 Å². The SMILES string of the molecule is Cc1cc(C)cc(NC(=O)N2CCN(c3cc(C)nc(N4CCCCC4)n3)CC2)c1. The quantitative estimate of drug-likeness (QED) is 0.838. The largest absolute Gasteiger partial charge is 0.353 e. The van der Waals surface area contributed by atoms with E-state index in [-0.39, 0.29) is 6.03 Å². The van der Waals surface area contributed by atoms with Gasteiger partial charge in [0.15, 0.2) is 0 Å². The lowest BCUT2D eigenvalue weighted by molar-refractivity contribution is 0.208. The van der Waals surface area contributed by atoms with Gasteiger partial charge in [-0.2, -0.15) is 4.98 Å². The van der Waals surface area contributed by atoms with Crippen LogP contribution in [0.15, 0.2) is 24.3 Å². The summed E-state index contributed by atoms with van der Waals surface area (Å²) in [6.07, 6.45) is 3.71. The summed E-state index contributed by atoms with van der Waals surface area (Å²) in [5.74, 6) is 1.82. The molecule has 0 radical (unpaired) electrons. The zero-order valence-electron chi connectivity index (χ0n) is 18.3. The zero-order valence-corrected chi connectivity index (χ0v) is 18.3. The summed E-state index contributed by atoms with van der Waals surface area (Å²) in [5, 5.41) is 3.05. The molecule has 1 N–H and O–H groups in total. The van der Waals surface area contributed by atoms with Gasteiger partial charge in [0, 0.05) is 56.7 Å². The van der Waals surface area contributed by atoms with Crippen molar-refractivity contribution in [3.63, 3.8) is 0 Å². The van der Waals surface area contributed by atoms with E-state index in [9.17, 15) is 4.79 Å². The fraction of sp³-hybridized carbons (Fsp3) is 0.522. The van der Waals surface area contributed by atoms with Crippen molar-refractivity contribution in [2.24, 2.45) is 0 Å². The molecule has 0 bridgehead atoms. The van der Waals surface area contributed by atoms with E-state index in [2.05, 4.69) is 32.2 Å². The third kappa shape index (κ3) is 4.83. The summed E-state index contributed by atoms with van der Waals surface area (Å²) in [5.41, 5.74) is 4.16. The molecule has 0 aliphatic carbocycles. The maximum atomic E-state index is 12.7. The Kier molecular flexibility index (Phi) is 6.06. The van der Waals surface area contributed by atoms with Crippen LogP contribution in [0.2, 0.25) is 0 Å². The van der Waals surface area contributed by atoms with Gasteiger partial charge in [-0.05, 0) is 63.3 Å². The first-order valence-electron chi connectivity index (χ1n) is 11.0. The molecule has 7 heteroatoms. The van der Waals surface area contributed by atoms with E-state index in [4.69, 9.17) is 4.98 Å². The highest BCUT2D eigenvalue weighted by molar-refractivity contribution is 5.89. The number of piperazine rings is 1. The van der Waals surface area contributed by atoms with Gasteiger partial charge in [-0.15, -0.1) is 0 Å². The highest BCUT2D eigenvalue weighted by Gasteiger charge is 2.23. The number of piperidine rings is 1. The van der Waals surface area contributed by atoms with Gasteiger partial charge in [-0.25, -0.2) is 9.78 Å². The Morgan fingerprint density at radius 1 is 0.800 bits per heavy atom. The number of carbonyl (C=O) groups is 1. The minimum absolute atomic E-state index is 0.0347. The number of urea groups is 1. The van der Waals surface area contributed by atoms with Crippen LogP contribution >= 0.6 is 0 Å².